The van der Waals surface area contributed by atoms with Crippen molar-refractivity contribution in [2.24, 2.45) is 5.92 Å². The SMILES string of the molecule is CCNCC1CCCN(C)C1c1ccccc1C#N. The first-order chi connectivity index (χ1) is 9.27. The quantitative estimate of drug-likeness (QED) is 0.901. The summed E-state index contributed by atoms with van der Waals surface area (Å²) < 4.78 is 0. The zero-order chi connectivity index (χ0) is 13.7. The molecule has 3 heteroatoms. The van der Waals surface area contributed by atoms with Crippen molar-refractivity contribution in [2.45, 2.75) is 25.8 Å². The molecule has 1 N–H and O–H groups in total. The second-order valence-corrected chi connectivity index (χ2v) is 5.33. The Labute approximate surface area is 116 Å². The molecule has 1 aromatic rings. The molecule has 0 bridgehead atoms. The third kappa shape index (κ3) is 3.15. The molecule has 2 unspecified atom stereocenters. The topological polar surface area (TPSA) is 39.1 Å². The molecule has 1 aliphatic heterocycles. The predicted molar refractivity (Wildman–Crippen MR) is 77.8 cm³/mol. The zero-order valence-corrected chi connectivity index (χ0v) is 11.9. The number of hydrogen-bond donors (Lipinski definition) is 1. The fourth-order valence-corrected chi connectivity index (χ4v) is 3.15. The smallest absolute Gasteiger partial charge is 0.0995 e. The first-order valence-corrected chi connectivity index (χ1v) is 7.18. The molecule has 1 aromatic carbocycles. The van der Waals surface area contributed by atoms with Crippen molar-refractivity contribution in [3.63, 3.8) is 0 Å². The second kappa shape index (κ2) is 6.70. The van der Waals surface area contributed by atoms with Crippen molar-refractivity contribution in [2.75, 3.05) is 26.7 Å². The van der Waals surface area contributed by atoms with Crippen molar-refractivity contribution in [1.29, 1.82) is 5.26 Å². The van der Waals surface area contributed by atoms with E-state index in [4.69, 9.17) is 0 Å². The minimum Gasteiger partial charge on any atom is -0.317 e. The van der Waals surface area contributed by atoms with E-state index in [1.165, 1.54) is 18.4 Å². The summed E-state index contributed by atoms with van der Waals surface area (Å²) in [5, 5.41) is 12.8. The molecule has 19 heavy (non-hydrogen) atoms. The first-order valence-electron chi connectivity index (χ1n) is 7.18. The summed E-state index contributed by atoms with van der Waals surface area (Å²) in [5.74, 6) is 0.591. The van der Waals surface area contributed by atoms with Gasteiger partial charge >= 0.3 is 0 Å². The summed E-state index contributed by atoms with van der Waals surface area (Å²) in [5.41, 5.74) is 2.01. The lowest BCUT2D eigenvalue weighted by molar-refractivity contribution is 0.119. The number of nitrogens with zero attached hydrogens (tertiary/aromatic N) is 2. The first kappa shape index (κ1) is 14.0. The van der Waals surface area contributed by atoms with E-state index in [2.05, 4.69) is 36.3 Å². The molecule has 1 aliphatic rings. The summed E-state index contributed by atoms with van der Waals surface area (Å²) in [4.78, 5) is 2.40. The van der Waals surface area contributed by atoms with Crippen LogP contribution in [0.5, 0.6) is 0 Å². The molecular formula is C16H23N3. The van der Waals surface area contributed by atoms with Crippen molar-refractivity contribution in [3.05, 3.63) is 35.4 Å². The van der Waals surface area contributed by atoms with E-state index in [0.717, 1.165) is 25.2 Å². The average molecular weight is 257 g/mol. The van der Waals surface area contributed by atoms with Gasteiger partial charge < -0.3 is 5.32 Å². The number of piperidine rings is 1. The Morgan fingerprint density at radius 2 is 2.21 bits per heavy atom. The van der Waals surface area contributed by atoms with E-state index >= 15 is 0 Å². The van der Waals surface area contributed by atoms with Gasteiger partial charge in [-0.25, -0.2) is 0 Å². The number of benzene rings is 1. The molecule has 0 aromatic heterocycles. The Kier molecular flexibility index (Phi) is 4.95. The predicted octanol–water partition coefficient (Wildman–Crippen LogP) is 2.55. The highest BCUT2D eigenvalue weighted by Gasteiger charge is 2.31. The lowest BCUT2D eigenvalue weighted by Gasteiger charge is -2.40. The summed E-state index contributed by atoms with van der Waals surface area (Å²) in [6, 6.07) is 10.7. The van der Waals surface area contributed by atoms with E-state index in [1.54, 1.807) is 0 Å². The van der Waals surface area contributed by atoms with Gasteiger partial charge in [-0.3, -0.25) is 4.90 Å². The molecule has 0 saturated carbocycles. The second-order valence-electron chi connectivity index (χ2n) is 5.33. The lowest BCUT2D eigenvalue weighted by atomic mass is 9.83. The van der Waals surface area contributed by atoms with Crippen LogP contribution < -0.4 is 5.32 Å². The molecule has 102 valence electrons. The normalized spacial score (nSPS) is 24.1. The molecule has 3 nitrogen and oxygen atoms in total. The van der Waals surface area contributed by atoms with Gasteiger partial charge in [0.2, 0.25) is 0 Å². The van der Waals surface area contributed by atoms with Crippen LogP contribution in [0.1, 0.15) is 36.9 Å². The van der Waals surface area contributed by atoms with Gasteiger partial charge in [0.25, 0.3) is 0 Å². The molecular weight excluding hydrogens is 234 g/mol. The maximum Gasteiger partial charge on any atom is 0.0995 e. The molecule has 1 saturated heterocycles. The van der Waals surface area contributed by atoms with Crippen LogP contribution in [0.3, 0.4) is 0 Å². The molecule has 1 heterocycles. The highest BCUT2D eigenvalue weighted by molar-refractivity contribution is 5.40. The van der Waals surface area contributed by atoms with Crippen molar-refractivity contribution in [1.82, 2.24) is 10.2 Å². The number of nitrogens with one attached hydrogen (secondary N) is 1. The molecule has 2 rings (SSSR count). The molecule has 0 aliphatic carbocycles. The van der Waals surface area contributed by atoms with Gasteiger partial charge in [0.05, 0.1) is 11.6 Å². The Morgan fingerprint density at radius 1 is 1.42 bits per heavy atom. The van der Waals surface area contributed by atoms with E-state index in [9.17, 15) is 5.26 Å². The number of likely N-dealkylation sites (tertiary alicyclic amines) is 1. The molecule has 1 fully saturated rings. The third-order valence-corrected chi connectivity index (χ3v) is 4.06. The van der Waals surface area contributed by atoms with Gasteiger partial charge in [0.15, 0.2) is 0 Å². The maximum atomic E-state index is 9.31. The lowest BCUT2D eigenvalue weighted by Crippen LogP contribution is -2.40. The van der Waals surface area contributed by atoms with E-state index in [0.29, 0.717) is 12.0 Å². The highest BCUT2D eigenvalue weighted by Crippen LogP contribution is 2.36. The Morgan fingerprint density at radius 3 is 2.95 bits per heavy atom. The van der Waals surface area contributed by atoms with Crippen LogP contribution in [0, 0.1) is 17.2 Å². The molecule has 0 amide bonds. The van der Waals surface area contributed by atoms with Crippen LogP contribution in [-0.2, 0) is 0 Å². The van der Waals surface area contributed by atoms with Gasteiger partial charge in [-0.1, -0.05) is 25.1 Å². The van der Waals surface area contributed by atoms with Gasteiger partial charge in [0, 0.05) is 6.04 Å². The third-order valence-electron chi connectivity index (χ3n) is 4.06. The van der Waals surface area contributed by atoms with Gasteiger partial charge in [0.1, 0.15) is 0 Å². The fourth-order valence-electron chi connectivity index (χ4n) is 3.15. The molecule has 0 radical (unpaired) electrons. The van der Waals surface area contributed by atoms with Gasteiger partial charge in [-0.2, -0.15) is 5.26 Å². The fraction of sp³-hybridized carbons (Fsp3) is 0.562. The van der Waals surface area contributed by atoms with Crippen LogP contribution in [0.4, 0.5) is 0 Å². The Bertz CT molecular complexity index is 450. The summed E-state index contributed by atoms with van der Waals surface area (Å²) >= 11 is 0. The van der Waals surface area contributed by atoms with Crippen LogP contribution >= 0.6 is 0 Å². The monoisotopic (exact) mass is 257 g/mol. The van der Waals surface area contributed by atoms with Crippen LogP contribution in [0.25, 0.3) is 0 Å². The van der Waals surface area contributed by atoms with E-state index in [1.807, 2.05) is 18.2 Å². The minimum absolute atomic E-state index is 0.364. The van der Waals surface area contributed by atoms with Crippen molar-refractivity contribution < 1.29 is 0 Å². The van der Waals surface area contributed by atoms with Crippen LogP contribution in [0.2, 0.25) is 0 Å². The molecule has 2 atom stereocenters. The van der Waals surface area contributed by atoms with Gasteiger partial charge in [-0.15, -0.1) is 0 Å². The number of nitriles is 1. The zero-order valence-electron chi connectivity index (χ0n) is 11.9. The number of rotatable bonds is 4. The Balaban J connectivity index is 2.28. The van der Waals surface area contributed by atoms with Crippen LogP contribution in [0.15, 0.2) is 24.3 Å². The maximum absolute atomic E-state index is 9.31. The van der Waals surface area contributed by atoms with Crippen molar-refractivity contribution >= 4 is 0 Å². The largest absolute Gasteiger partial charge is 0.317 e. The summed E-state index contributed by atoms with van der Waals surface area (Å²) in [7, 11) is 2.18. The van der Waals surface area contributed by atoms with Crippen molar-refractivity contribution in [3.8, 4) is 6.07 Å². The Hall–Kier alpha value is -1.37. The number of hydrogen-bond acceptors (Lipinski definition) is 3. The standard InChI is InChI=1S/C16H23N3/c1-3-18-12-14-8-6-10-19(2)16(14)15-9-5-4-7-13(15)11-17/h4-5,7,9,14,16,18H,3,6,8,10,12H2,1-2H3. The summed E-state index contributed by atoms with van der Waals surface area (Å²) in [6.45, 7) is 5.30. The average Bonchev–Trinajstić information content (AvgIpc) is 2.45. The highest BCUT2D eigenvalue weighted by atomic mass is 15.1. The van der Waals surface area contributed by atoms with E-state index < -0.39 is 0 Å². The van der Waals surface area contributed by atoms with Gasteiger partial charge in [-0.05, 0) is 57.1 Å². The minimum atomic E-state index is 0.364. The van der Waals surface area contributed by atoms with E-state index in [-0.39, 0.29) is 0 Å². The van der Waals surface area contributed by atoms with Crippen LogP contribution in [-0.4, -0.2) is 31.6 Å². The molecule has 0 spiro atoms. The summed E-state index contributed by atoms with van der Waals surface area (Å²) in [6.07, 6.45) is 2.49.